The summed E-state index contributed by atoms with van der Waals surface area (Å²) in [4.78, 5) is 12.0. The zero-order chi connectivity index (χ0) is 24.5. The van der Waals surface area contributed by atoms with Crippen molar-refractivity contribution in [3.63, 3.8) is 0 Å². The van der Waals surface area contributed by atoms with Gasteiger partial charge < -0.3 is 16.4 Å². The third-order valence-electron chi connectivity index (χ3n) is 4.55. The van der Waals surface area contributed by atoms with Gasteiger partial charge in [0, 0.05) is 29.7 Å². The minimum atomic E-state index is -4.73. The highest BCUT2D eigenvalue weighted by Gasteiger charge is 2.36. The molecule has 0 aliphatic rings. The highest BCUT2D eigenvalue weighted by molar-refractivity contribution is 6.36. The number of halogens is 5. The van der Waals surface area contributed by atoms with Crippen LogP contribution in [0.25, 0.3) is 16.9 Å². The lowest BCUT2D eigenvalue weighted by Crippen LogP contribution is -2.18. The molecule has 0 amide bonds. The summed E-state index contributed by atoms with van der Waals surface area (Å²) in [6, 6.07) is 11.1. The summed E-state index contributed by atoms with van der Waals surface area (Å²) in [5.41, 5.74) is 6.62. The topological polar surface area (TPSA) is 130 Å². The summed E-state index contributed by atoms with van der Waals surface area (Å²) in [6.07, 6.45) is -4.73. The van der Waals surface area contributed by atoms with E-state index in [1.54, 1.807) is 18.2 Å². The summed E-state index contributed by atoms with van der Waals surface area (Å²) in [5.74, 6) is -0.764. The van der Waals surface area contributed by atoms with E-state index in [9.17, 15) is 13.2 Å². The molecule has 34 heavy (non-hydrogen) atoms. The second kappa shape index (κ2) is 9.20. The van der Waals surface area contributed by atoms with E-state index in [1.165, 1.54) is 18.2 Å². The van der Waals surface area contributed by atoms with Gasteiger partial charge in [-0.2, -0.15) is 22.9 Å². The molecule has 14 heteroatoms. The van der Waals surface area contributed by atoms with E-state index in [4.69, 9.17) is 34.2 Å². The molecule has 0 aliphatic carbocycles. The van der Waals surface area contributed by atoms with Crippen molar-refractivity contribution in [2.45, 2.75) is 6.18 Å². The first-order chi connectivity index (χ1) is 16.2. The van der Waals surface area contributed by atoms with Crippen LogP contribution in [0, 0.1) is 11.3 Å². The van der Waals surface area contributed by atoms with Gasteiger partial charge >= 0.3 is 6.18 Å². The number of nitrogens with two attached hydrogens (primary N) is 1. The molecule has 0 fully saturated rings. The van der Waals surface area contributed by atoms with Gasteiger partial charge in [-0.25, -0.2) is 15.0 Å². The molecule has 0 bridgehead atoms. The highest BCUT2D eigenvalue weighted by Crippen LogP contribution is 2.32. The highest BCUT2D eigenvalue weighted by atomic mass is 35.5. The number of fused-ring (bicyclic) bond motifs is 1. The summed E-state index contributed by atoms with van der Waals surface area (Å²) in [5, 5.41) is 19.1. The van der Waals surface area contributed by atoms with Gasteiger partial charge in [-0.05, 0) is 30.3 Å². The largest absolute Gasteiger partial charge is 0.453 e. The molecule has 0 aliphatic heterocycles. The van der Waals surface area contributed by atoms with E-state index in [2.05, 4.69) is 30.7 Å². The van der Waals surface area contributed by atoms with Crippen LogP contribution in [0.1, 0.15) is 11.4 Å². The number of rotatable bonds is 6. The first-order valence-electron chi connectivity index (χ1n) is 9.60. The summed E-state index contributed by atoms with van der Waals surface area (Å²) >= 11 is 12.2. The fraction of sp³-hybridized carbons (Fsp3) is 0.150. The number of aromatic nitrogens is 5. The van der Waals surface area contributed by atoms with Crippen LogP contribution in [0.15, 0.2) is 36.4 Å². The number of nitrogen functional groups attached to an aromatic ring is 1. The molecule has 3 heterocycles. The van der Waals surface area contributed by atoms with Crippen LogP contribution < -0.4 is 16.4 Å². The average molecular weight is 508 g/mol. The third kappa shape index (κ3) is 4.90. The van der Waals surface area contributed by atoms with Crippen LogP contribution in [0.3, 0.4) is 0 Å². The number of benzene rings is 1. The molecule has 0 spiro atoms. The Hall–Kier alpha value is -3.82. The normalized spacial score (nSPS) is 11.4. The number of nitrogens with one attached hydrogen (secondary N) is 2. The zero-order valence-electron chi connectivity index (χ0n) is 17.0. The van der Waals surface area contributed by atoms with Gasteiger partial charge in [0.05, 0.1) is 16.3 Å². The second-order valence-corrected chi connectivity index (χ2v) is 7.73. The number of hydrogen-bond acceptors (Lipinski definition) is 8. The molecule has 4 aromatic rings. The Labute approximate surface area is 200 Å². The number of hydrogen-bond donors (Lipinski definition) is 3. The smallest absolute Gasteiger partial charge is 0.383 e. The Morgan fingerprint density at radius 2 is 1.79 bits per heavy atom. The first kappa shape index (κ1) is 23.3. The van der Waals surface area contributed by atoms with Crippen molar-refractivity contribution in [2.75, 3.05) is 29.5 Å². The van der Waals surface area contributed by atoms with Crippen molar-refractivity contribution >= 4 is 46.4 Å². The molecule has 174 valence electrons. The first-order valence-corrected chi connectivity index (χ1v) is 10.4. The van der Waals surface area contributed by atoms with E-state index < -0.39 is 12.0 Å². The molecule has 0 radical (unpaired) electrons. The Balaban J connectivity index is 1.61. The van der Waals surface area contributed by atoms with Gasteiger partial charge in [0.2, 0.25) is 5.95 Å². The number of pyridine rings is 1. The second-order valence-electron chi connectivity index (χ2n) is 6.89. The maximum atomic E-state index is 13.2. The summed E-state index contributed by atoms with van der Waals surface area (Å²) in [7, 11) is 0. The predicted molar refractivity (Wildman–Crippen MR) is 122 cm³/mol. The molecule has 4 rings (SSSR count). The van der Waals surface area contributed by atoms with Gasteiger partial charge in [-0.15, -0.1) is 5.10 Å². The monoisotopic (exact) mass is 507 g/mol. The molecule has 9 nitrogen and oxygen atoms in total. The summed E-state index contributed by atoms with van der Waals surface area (Å²) in [6.45, 7) is 0.525. The minimum Gasteiger partial charge on any atom is -0.383 e. The Kier molecular flexibility index (Phi) is 6.32. The van der Waals surface area contributed by atoms with Gasteiger partial charge in [0.25, 0.3) is 5.82 Å². The fourth-order valence-corrected chi connectivity index (χ4v) is 3.50. The van der Waals surface area contributed by atoms with Crippen LogP contribution in [0.2, 0.25) is 10.0 Å². The lowest BCUT2D eigenvalue weighted by atomic mass is 10.1. The van der Waals surface area contributed by atoms with E-state index in [1.807, 2.05) is 6.07 Å². The maximum Gasteiger partial charge on any atom is 0.453 e. The third-order valence-corrected chi connectivity index (χ3v) is 5.09. The zero-order valence-corrected chi connectivity index (χ0v) is 18.5. The van der Waals surface area contributed by atoms with Crippen LogP contribution in [0.4, 0.5) is 30.8 Å². The van der Waals surface area contributed by atoms with Crippen LogP contribution in [0.5, 0.6) is 0 Å². The van der Waals surface area contributed by atoms with Crippen molar-refractivity contribution in [1.82, 2.24) is 24.6 Å². The molecule has 0 atom stereocenters. The molecule has 0 saturated carbocycles. The van der Waals surface area contributed by atoms with Crippen LogP contribution >= 0.6 is 23.2 Å². The van der Waals surface area contributed by atoms with Crippen LogP contribution in [-0.2, 0) is 6.18 Å². The maximum absolute atomic E-state index is 13.2. The number of nitrogens with zero attached hydrogens (tertiary/aromatic N) is 6. The van der Waals surface area contributed by atoms with Gasteiger partial charge in [-0.3, -0.25) is 0 Å². The Bertz CT molecular complexity index is 1410. The number of nitriles is 1. The van der Waals surface area contributed by atoms with E-state index in [0.29, 0.717) is 22.9 Å². The molecule has 3 aromatic heterocycles. The molecule has 4 N–H and O–H groups in total. The predicted octanol–water partition coefficient (Wildman–Crippen LogP) is 4.49. The lowest BCUT2D eigenvalue weighted by Gasteiger charge is -2.11. The molecule has 0 unspecified atom stereocenters. The molecule has 0 saturated heterocycles. The SMILES string of the molecule is N#Cc1ccc(NCCNc2nc(-c3ccc(Cl)cc3Cl)cc3nc(C(F)(F)F)nn23)nc1N. The van der Waals surface area contributed by atoms with Crippen LogP contribution in [-0.4, -0.2) is 37.7 Å². The van der Waals surface area contributed by atoms with Crippen molar-refractivity contribution in [3.05, 3.63) is 57.8 Å². The Morgan fingerprint density at radius 1 is 1.03 bits per heavy atom. The average Bonchev–Trinajstić information content (AvgIpc) is 3.22. The van der Waals surface area contributed by atoms with Crippen molar-refractivity contribution in [3.8, 4) is 17.3 Å². The van der Waals surface area contributed by atoms with Gasteiger partial charge in [-0.1, -0.05) is 23.2 Å². The van der Waals surface area contributed by atoms with E-state index >= 15 is 0 Å². The molecular formula is C20H14Cl2F3N9. The molecule has 1 aromatic carbocycles. The lowest BCUT2D eigenvalue weighted by molar-refractivity contribution is -0.144. The van der Waals surface area contributed by atoms with Crippen molar-refractivity contribution in [2.24, 2.45) is 0 Å². The summed E-state index contributed by atoms with van der Waals surface area (Å²) < 4.78 is 40.6. The number of anilines is 3. The standard InChI is InChI=1S/C20H14Cl2F3N9/c21-11-2-3-12(13(22)7-11)14-8-16-32-18(20(23,24)25)33-34(16)19(30-14)29-6-5-28-15-4-1-10(9-26)17(27)31-15/h1-4,7-8H,5-6H2,(H,29,30)(H3,27,28,31). The van der Waals surface area contributed by atoms with Gasteiger partial charge in [0.15, 0.2) is 5.65 Å². The fourth-order valence-electron chi connectivity index (χ4n) is 2.99. The van der Waals surface area contributed by atoms with Crippen molar-refractivity contribution in [1.29, 1.82) is 5.26 Å². The minimum absolute atomic E-state index is 0.0237. The van der Waals surface area contributed by atoms with Crippen molar-refractivity contribution < 1.29 is 13.2 Å². The van der Waals surface area contributed by atoms with E-state index in [-0.39, 0.29) is 40.2 Å². The quantitative estimate of drug-likeness (QED) is 0.325. The van der Waals surface area contributed by atoms with Gasteiger partial charge in [0.1, 0.15) is 17.7 Å². The van der Waals surface area contributed by atoms with E-state index in [0.717, 1.165) is 4.52 Å². The number of alkyl halides is 3. The molecular weight excluding hydrogens is 494 g/mol. The Morgan fingerprint density at radius 3 is 2.47 bits per heavy atom.